The van der Waals surface area contributed by atoms with Gasteiger partial charge >= 0.3 is 0 Å². The molecule has 15 heavy (non-hydrogen) atoms. The average molecular weight is 208 g/mol. The van der Waals surface area contributed by atoms with Gasteiger partial charge in [0.2, 0.25) is 0 Å². The summed E-state index contributed by atoms with van der Waals surface area (Å²) in [6.45, 7) is 0. The van der Waals surface area contributed by atoms with Crippen LogP contribution in [0.2, 0.25) is 0 Å². The van der Waals surface area contributed by atoms with Crippen LogP contribution in [0, 0.1) is 23.5 Å². The lowest BCUT2D eigenvalue weighted by Gasteiger charge is -2.00. The van der Waals surface area contributed by atoms with E-state index >= 15 is 0 Å². The second-order valence-corrected chi connectivity index (χ2v) is 2.93. The smallest absolute Gasteiger partial charge is 0.141 e. The maximum Gasteiger partial charge on any atom is 0.141 e. The van der Waals surface area contributed by atoms with Crippen LogP contribution in [-0.2, 0) is 0 Å². The van der Waals surface area contributed by atoms with Crippen LogP contribution in [0.5, 0.6) is 0 Å². The van der Waals surface area contributed by atoms with E-state index in [-0.39, 0.29) is 5.56 Å². The summed E-state index contributed by atoms with van der Waals surface area (Å²) in [4.78, 5) is 3.71. The molecule has 2 rings (SSSR count). The summed E-state index contributed by atoms with van der Waals surface area (Å²) >= 11 is 0. The van der Waals surface area contributed by atoms with Gasteiger partial charge in [-0.2, -0.15) is 0 Å². The Morgan fingerprint density at radius 3 is 2.20 bits per heavy atom. The van der Waals surface area contributed by atoms with Crippen molar-refractivity contribution in [3.63, 3.8) is 0 Å². The van der Waals surface area contributed by atoms with E-state index in [4.69, 9.17) is 0 Å². The molecule has 0 atom stereocenters. The monoisotopic (exact) mass is 208 g/mol. The first-order valence-corrected chi connectivity index (χ1v) is 4.15. The van der Waals surface area contributed by atoms with E-state index < -0.39 is 17.5 Å². The van der Waals surface area contributed by atoms with Gasteiger partial charge in [0, 0.05) is 5.56 Å². The minimum absolute atomic E-state index is 0.253. The van der Waals surface area contributed by atoms with E-state index in [0.717, 1.165) is 18.3 Å². The van der Waals surface area contributed by atoms with Crippen molar-refractivity contribution in [3.8, 4) is 11.3 Å². The number of nitrogens with zero attached hydrogens (tertiary/aromatic N) is 1. The van der Waals surface area contributed by atoms with Crippen molar-refractivity contribution in [1.29, 1.82) is 0 Å². The van der Waals surface area contributed by atoms with Gasteiger partial charge in [-0.15, -0.1) is 0 Å². The van der Waals surface area contributed by atoms with Gasteiger partial charge in [-0.05, 0) is 24.3 Å². The molecule has 1 aromatic heterocycles. The highest BCUT2D eigenvalue weighted by molar-refractivity contribution is 5.58. The number of hydrogen-bond acceptors (Lipinski definition) is 1. The first-order chi connectivity index (χ1) is 7.15. The molecule has 0 N–H and O–H groups in total. The highest BCUT2D eigenvalue weighted by atomic mass is 19.1. The number of aromatic nitrogens is 1. The van der Waals surface area contributed by atoms with Gasteiger partial charge in [-0.25, -0.2) is 13.2 Å². The maximum atomic E-state index is 12.8. The molecular weight excluding hydrogens is 203 g/mol. The van der Waals surface area contributed by atoms with Gasteiger partial charge in [0.05, 0.1) is 18.0 Å². The second-order valence-electron chi connectivity index (χ2n) is 2.93. The van der Waals surface area contributed by atoms with Gasteiger partial charge in [-0.3, -0.25) is 4.98 Å². The molecule has 75 valence electrons. The zero-order valence-electron chi connectivity index (χ0n) is 7.47. The molecule has 0 amide bonds. The van der Waals surface area contributed by atoms with Crippen molar-refractivity contribution in [2.24, 2.45) is 0 Å². The molecule has 1 aromatic carbocycles. The van der Waals surface area contributed by atoms with Crippen molar-refractivity contribution in [3.05, 3.63) is 54.0 Å². The second kappa shape index (κ2) is 3.73. The Kier molecular flexibility index (Phi) is 2.41. The maximum absolute atomic E-state index is 12.8. The lowest BCUT2D eigenvalue weighted by atomic mass is 10.1. The molecule has 0 unspecified atom stereocenters. The van der Waals surface area contributed by atoms with Crippen molar-refractivity contribution >= 4 is 0 Å². The zero-order chi connectivity index (χ0) is 10.8. The highest BCUT2D eigenvalue weighted by Gasteiger charge is 2.04. The Morgan fingerprint density at radius 1 is 1.00 bits per heavy atom. The largest absolute Gasteiger partial charge is 0.253 e. The average Bonchev–Trinajstić information content (AvgIpc) is 2.17. The molecule has 1 radical (unpaired) electrons. The molecule has 0 bridgehead atoms. The molecule has 2 aromatic rings. The van der Waals surface area contributed by atoms with Crippen molar-refractivity contribution in [2.45, 2.75) is 0 Å². The molecule has 0 aliphatic rings. The van der Waals surface area contributed by atoms with Gasteiger partial charge < -0.3 is 0 Å². The van der Waals surface area contributed by atoms with E-state index in [0.29, 0.717) is 5.69 Å². The van der Waals surface area contributed by atoms with Crippen LogP contribution in [0.4, 0.5) is 13.2 Å². The molecule has 4 heteroatoms. The number of pyridine rings is 1. The molecule has 0 saturated carbocycles. The van der Waals surface area contributed by atoms with Crippen LogP contribution in [-0.4, -0.2) is 4.98 Å². The number of rotatable bonds is 1. The topological polar surface area (TPSA) is 12.9 Å². The van der Waals surface area contributed by atoms with E-state index in [2.05, 4.69) is 4.98 Å². The minimum Gasteiger partial charge on any atom is -0.253 e. The quantitative estimate of drug-likeness (QED) is 0.702. The summed E-state index contributed by atoms with van der Waals surface area (Å²) in [5.74, 6) is -2.12. The van der Waals surface area contributed by atoms with Crippen LogP contribution in [0.25, 0.3) is 11.3 Å². The van der Waals surface area contributed by atoms with E-state index in [1.54, 1.807) is 0 Å². The fraction of sp³-hybridized carbons (Fsp3) is 0. The molecule has 0 fully saturated rings. The minimum atomic E-state index is -0.809. The van der Waals surface area contributed by atoms with Crippen LogP contribution in [0.1, 0.15) is 0 Å². The predicted octanol–water partition coefficient (Wildman–Crippen LogP) is 2.97. The van der Waals surface area contributed by atoms with Gasteiger partial charge in [-0.1, -0.05) is 0 Å². The molecule has 0 spiro atoms. The highest BCUT2D eigenvalue weighted by Crippen LogP contribution is 2.19. The number of benzene rings is 1. The number of halogens is 3. The molecule has 1 nitrogen and oxygen atoms in total. The summed E-state index contributed by atoms with van der Waals surface area (Å²) in [5, 5.41) is 0. The standard InChI is InChI=1S/C11H5F3N/c12-8-1-2-11(15-6-8)7-3-9(13)5-10(14)4-7/h1-4,6H. The van der Waals surface area contributed by atoms with Gasteiger partial charge in [0.25, 0.3) is 0 Å². The summed E-state index contributed by atoms with van der Waals surface area (Å²) < 4.78 is 38.1. The summed E-state index contributed by atoms with van der Waals surface area (Å²) in [6, 6.07) is 6.56. The summed E-state index contributed by atoms with van der Waals surface area (Å²) in [5.41, 5.74) is 0.562. The Bertz CT molecular complexity index is 459. The van der Waals surface area contributed by atoms with E-state index in [9.17, 15) is 13.2 Å². The molecule has 0 aliphatic heterocycles. The van der Waals surface area contributed by atoms with Crippen molar-refractivity contribution in [1.82, 2.24) is 4.98 Å². The molecular formula is C11H5F3N. The Labute approximate surface area is 84.2 Å². The van der Waals surface area contributed by atoms with Gasteiger partial charge in [0.1, 0.15) is 17.5 Å². The van der Waals surface area contributed by atoms with E-state index in [1.807, 2.05) is 6.07 Å². The Balaban J connectivity index is 2.49. The summed E-state index contributed by atoms with van der Waals surface area (Å²) in [7, 11) is 0. The zero-order valence-corrected chi connectivity index (χ0v) is 7.47. The van der Waals surface area contributed by atoms with Crippen LogP contribution in [0.3, 0.4) is 0 Å². The first kappa shape index (κ1) is 9.71. The SMILES string of the molecule is Fc1[c]c(F)cc(-c2ccc(F)cn2)c1. The van der Waals surface area contributed by atoms with Crippen LogP contribution < -0.4 is 0 Å². The third-order valence-electron chi connectivity index (χ3n) is 1.83. The molecule has 0 aliphatic carbocycles. The van der Waals surface area contributed by atoms with E-state index in [1.165, 1.54) is 12.1 Å². The predicted molar refractivity (Wildman–Crippen MR) is 48.4 cm³/mol. The lowest BCUT2D eigenvalue weighted by molar-refractivity contribution is 0.580. The normalized spacial score (nSPS) is 10.3. The Morgan fingerprint density at radius 2 is 1.67 bits per heavy atom. The number of hydrogen-bond donors (Lipinski definition) is 0. The van der Waals surface area contributed by atoms with Crippen molar-refractivity contribution in [2.75, 3.05) is 0 Å². The van der Waals surface area contributed by atoms with Crippen LogP contribution >= 0.6 is 0 Å². The fourth-order valence-electron chi connectivity index (χ4n) is 1.20. The van der Waals surface area contributed by atoms with Gasteiger partial charge in [0.15, 0.2) is 0 Å². The fourth-order valence-corrected chi connectivity index (χ4v) is 1.20. The van der Waals surface area contributed by atoms with Crippen LogP contribution in [0.15, 0.2) is 30.5 Å². The first-order valence-electron chi connectivity index (χ1n) is 4.15. The third kappa shape index (κ3) is 2.15. The Hall–Kier alpha value is -1.84. The van der Waals surface area contributed by atoms with Crippen molar-refractivity contribution < 1.29 is 13.2 Å². The summed E-state index contributed by atoms with van der Waals surface area (Å²) in [6.07, 6.45) is 0.988. The lowest BCUT2D eigenvalue weighted by Crippen LogP contribution is -1.88. The molecule has 1 heterocycles. The molecule has 0 saturated heterocycles. The third-order valence-corrected chi connectivity index (χ3v) is 1.83.